The van der Waals surface area contributed by atoms with Gasteiger partial charge in [0.2, 0.25) is 0 Å². The Kier molecular flexibility index (Phi) is 3.55. The van der Waals surface area contributed by atoms with E-state index >= 15 is 0 Å². The van der Waals surface area contributed by atoms with Crippen molar-refractivity contribution >= 4 is 5.69 Å². The van der Waals surface area contributed by atoms with Crippen molar-refractivity contribution in [3.63, 3.8) is 0 Å². The Hall–Kier alpha value is -2.82. The predicted molar refractivity (Wildman–Crippen MR) is 79.9 cm³/mol. The van der Waals surface area contributed by atoms with E-state index in [-0.39, 0.29) is 0 Å². The number of para-hydroxylation sites is 1. The molecule has 0 aliphatic rings. The van der Waals surface area contributed by atoms with Crippen LogP contribution < -0.4 is 10.5 Å². The molecule has 3 rings (SSSR count). The van der Waals surface area contributed by atoms with Crippen molar-refractivity contribution in [1.29, 1.82) is 0 Å². The summed E-state index contributed by atoms with van der Waals surface area (Å²) >= 11 is 0. The van der Waals surface area contributed by atoms with E-state index in [1.165, 1.54) is 0 Å². The van der Waals surface area contributed by atoms with Crippen molar-refractivity contribution in [3.8, 4) is 17.2 Å². The summed E-state index contributed by atoms with van der Waals surface area (Å²) in [5.74, 6) is 1.89. The fourth-order valence-electron chi connectivity index (χ4n) is 2.13. The molecule has 0 radical (unpaired) electrons. The van der Waals surface area contributed by atoms with Crippen LogP contribution >= 0.6 is 0 Å². The first-order valence-corrected chi connectivity index (χ1v) is 6.56. The summed E-state index contributed by atoms with van der Waals surface area (Å²) in [6.07, 6.45) is 0.551. The SMILES string of the molecule is COc1ccccc1Cc1noc(-c2cccc(N)c2)n1. The highest BCUT2D eigenvalue weighted by atomic mass is 16.5. The molecule has 1 aromatic heterocycles. The van der Waals surface area contributed by atoms with Crippen LogP contribution in [-0.4, -0.2) is 17.3 Å². The van der Waals surface area contributed by atoms with Gasteiger partial charge >= 0.3 is 0 Å². The van der Waals surface area contributed by atoms with Gasteiger partial charge in [-0.05, 0) is 24.3 Å². The molecule has 0 saturated heterocycles. The summed E-state index contributed by atoms with van der Waals surface area (Å²) in [6, 6.07) is 15.1. The highest BCUT2D eigenvalue weighted by molar-refractivity contribution is 5.59. The smallest absolute Gasteiger partial charge is 0.258 e. The lowest BCUT2D eigenvalue weighted by molar-refractivity contribution is 0.408. The number of benzene rings is 2. The second-order valence-electron chi connectivity index (χ2n) is 4.63. The van der Waals surface area contributed by atoms with Gasteiger partial charge in [0, 0.05) is 23.2 Å². The average Bonchev–Trinajstić information content (AvgIpc) is 2.96. The minimum Gasteiger partial charge on any atom is -0.496 e. The summed E-state index contributed by atoms with van der Waals surface area (Å²) in [5.41, 5.74) is 8.25. The van der Waals surface area contributed by atoms with Crippen LogP contribution in [0.25, 0.3) is 11.5 Å². The van der Waals surface area contributed by atoms with Gasteiger partial charge in [0.05, 0.1) is 7.11 Å². The molecule has 21 heavy (non-hydrogen) atoms. The Morgan fingerprint density at radius 3 is 2.81 bits per heavy atom. The van der Waals surface area contributed by atoms with Crippen molar-refractivity contribution in [2.75, 3.05) is 12.8 Å². The Bertz CT molecular complexity index is 753. The van der Waals surface area contributed by atoms with Crippen LogP contribution in [-0.2, 0) is 6.42 Å². The number of hydrogen-bond acceptors (Lipinski definition) is 5. The van der Waals surface area contributed by atoms with E-state index < -0.39 is 0 Å². The molecule has 0 aliphatic carbocycles. The van der Waals surface area contributed by atoms with E-state index in [0.29, 0.717) is 23.8 Å². The fraction of sp³-hybridized carbons (Fsp3) is 0.125. The van der Waals surface area contributed by atoms with Crippen LogP contribution in [0.4, 0.5) is 5.69 Å². The molecule has 0 fully saturated rings. The lowest BCUT2D eigenvalue weighted by atomic mass is 10.1. The van der Waals surface area contributed by atoms with E-state index in [2.05, 4.69) is 10.1 Å². The summed E-state index contributed by atoms with van der Waals surface area (Å²) in [4.78, 5) is 4.40. The average molecular weight is 281 g/mol. The third-order valence-electron chi connectivity index (χ3n) is 3.14. The molecule has 3 aromatic rings. The van der Waals surface area contributed by atoms with Gasteiger partial charge in [-0.25, -0.2) is 0 Å². The molecule has 0 bridgehead atoms. The number of methoxy groups -OCH3 is 1. The monoisotopic (exact) mass is 281 g/mol. The lowest BCUT2D eigenvalue weighted by Gasteiger charge is -2.05. The van der Waals surface area contributed by atoms with Crippen LogP contribution in [0, 0.1) is 0 Å². The van der Waals surface area contributed by atoms with E-state index in [9.17, 15) is 0 Å². The van der Waals surface area contributed by atoms with Gasteiger partial charge in [-0.1, -0.05) is 29.4 Å². The van der Waals surface area contributed by atoms with Gasteiger partial charge in [-0.15, -0.1) is 0 Å². The first-order chi connectivity index (χ1) is 10.3. The molecule has 2 N–H and O–H groups in total. The standard InChI is InChI=1S/C16H15N3O2/c1-20-14-8-3-2-5-11(14)10-15-18-16(21-19-15)12-6-4-7-13(17)9-12/h2-9H,10,17H2,1H3. The van der Waals surface area contributed by atoms with Gasteiger partial charge in [0.25, 0.3) is 5.89 Å². The molecule has 5 nitrogen and oxygen atoms in total. The molecule has 1 heterocycles. The van der Waals surface area contributed by atoms with Crippen LogP contribution in [0.3, 0.4) is 0 Å². The number of nitrogen functional groups attached to an aromatic ring is 1. The van der Waals surface area contributed by atoms with E-state index in [1.54, 1.807) is 13.2 Å². The molecule has 0 spiro atoms. The molecule has 0 aliphatic heterocycles. The summed E-state index contributed by atoms with van der Waals surface area (Å²) in [7, 11) is 1.65. The van der Waals surface area contributed by atoms with Gasteiger partial charge in [0.1, 0.15) is 5.75 Å². The van der Waals surface area contributed by atoms with Crippen molar-refractivity contribution < 1.29 is 9.26 Å². The van der Waals surface area contributed by atoms with Crippen LogP contribution in [0.2, 0.25) is 0 Å². The molecule has 0 amide bonds. The van der Waals surface area contributed by atoms with E-state index in [1.807, 2.05) is 42.5 Å². The molecule has 0 saturated carbocycles. The minimum atomic E-state index is 0.465. The number of hydrogen-bond donors (Lipinski definition) is 1. The third-order valence-corrected chi connectivity index (χ3v) is 3.14. The highest BCUT2D eigenvalue weighted by Crippen LogP contribution is 2.23. The van der Waals surface area contributed by atoms with Crippen molar-refractivity contribution in [1.82, 2.24) is 10.1 Å². The van der Waals surface area contributed by atoms with Gasteiger partial charge in [-0.3, -0.25) is 0 Å². The zero-order valence-corrected chi connectivity index (χ0v) is 11.6. The Morgan fingerprint density at radius 1 is 1.14 bits per heavy atom. The normalized spacial score (nSPS) is 10.5. The molecule has 106 valence electrons. The quantitative estimate of drug-likeness (QED) is 0.744. The minimum absolute atomic E-state index is 0.465. The summed E-state index contributed by atoms with van der Waals surface area (Å²) in [6.45, 7) is 0. The van der Waals surface area contributed by atoms with Gasteiger partial charge < -0.3 is 15.0 Å². The largest absolute Gasteiger partial charge is 0.496 e. The van der Waals surface area contributed by atoms with Gasteiger partial charge in [-0.2, -0.15) is 4.98 Å². The van der Waals surface area contributed by atoms with E-state index in [0.717, 1.165) is 16.9 Å². The Labute approximate surface area is 122 Å². The zero-order chi connectivity index (χ0) is 14.7. The second kappa shape index (κ2) is 5.66. The molecule has 0 atom stereocenters. The summed E-state index contributed by atoms with van der Waals surface area (Å²) < 4.78 is 10.6. The predicted octanol–water partition coefficient (Wildman–Crippen LogP) is 2.92. The first-order valence-electron chi connectivity index (χ1n) is 6.56. The molecular formula is C16H15N3O2. The Balaban J connectivity index is 1.85. The van der Waals surface area contributed by atoms with Gasteiger partial charge in [0.15, 0.2) is 5.82 Å². The van der Waals surface area contributed by atoms with Crippen molar-refractivity contribution in [2.24, 2.45) is 0 Å². The van der Waals surface area contributed by atoms with Crippen molar-refractivity contribution in [2.45, 2.75) is 6.42 Å². The number of anilines is 1. The highest BCUT2D eigenvalue weighted by Gasteiger charge is 2.11. The number of nitrogens with zero attached hydrogens (tertiary/aromatic N) is 2. The van der Waals surface area contributed by atoms with Crippen LogP contribution in [0.15, 0.2) is 53.1 Å². The second-order valence-corrected chi connectivity index (χ2v) is 4.63. The van der Waals surface area contributed by atoms with Crippen LogP contribution in [0.1, 0.15) is 11.4 Å². The topological polar surface area (TPSA) is 74.2 Å². The maximum Gasteiger partial charge on any atom is 0.258 e. The van der Waals surface area contributed by atoms with Crippen molar-refractivity contribution in [3.05, 3.63) is 59.9 Å². The van der Waals surface area contributed by atoms with E-state index in [4.69, 9.17) is 15.0 Å². The lowest BCUT2D eigenvalue weighted by Crippen LogP contribution is -1.95. The molecule has 2 aromatic carbocycles. The summed E-state index contributed by atoms with van der Waals surface area (Å²) in [5, 5.41) is 4.01. The number of aromatic nitrogens is 2. The molecule has 5 heteroatoms. The molecular weight excluding hydrogens is 266 g/mol. The first kappa shape index (κ1) is 13.2. The number of nitrogens with two attached hydrogens (primary N) is 1. The van der Waals surface area contributed by atoms with Crippen LogP contribution in [0.5, 0.6) is 5.75 Å². The number of ether oxygens (including phenoxy) is 1. The fourth-order valence-corrected chi connectivity index (χ4v) is 2.13. The maximum atomic E-state index is 5.76. The Morgan fingerprint density at radius 2 is 2.00 bits per heavy atom. The maximum absolute atomic E-state index is 5.76. The zero-order valence-electron chi connectivity index (χ0n) is 11.6. The molecule has 0 unspecified atom stereocenters. The third kappa shape index (κ3) is 2.86. The number of rotatable bonds is 4.